The molecule has 1 aliphatic heterocycles. The van der Waals surface area contributed by atoms with Crippen LogP contribution in [0.4, 0.5) is 5.95 Å². The SMILES string of the molecule is Cn1c(N2CCCC(C(=O)NC3CCCCC3)C2)nc2ccccc21. The van der Waals surface area contributed by atoms with Gasteiger partial charge in [0.15, 0.2) is 0 Å². The number of hydrogen-bond donors (Lipinski definition) is 1. The highest BCUT2D eigenvalue weighted by atomic mass is 16.2. The molecule has 1 N–H and O–H groups in total. The van der Waals surface area contributed by atoms with Crippen LogP contribution in [-0.2, 0) is 11.8 Å². The number of aromatic nitrogens is 2. The topological polar surface area (TPSA) is 50.2 Å². The second kappa shape index (κ2) is 7.06. The first-order valence-electron chi connectivity index (χ1n) is 9.69. The molecule has 1 aliphatic carbocycles. The smallest absolute Gasteiger partial charge is 0.225 e. The molecular weight excluding hydrogens is 312 g/mol. The number of amides is 1. The number of nitrogens with one attached hydrogen (secondary N) is 1. The number of rotatable bonds is 3. The summed E-state index contributed by atoms with van der Waals surface area (Å²) in [4.78, 5) is 19.8. The summed E-state index contributed by atoms with van der Waals surface area (Å²) in [6.07, 6.45) is 8.14. The molecule has 5 heteroatoms. The number of carbonyl (C=O) groups excluding carboxylic acids is 1. The number of benzene rings is 1. The first-order valence-corrected chi connectivity index (χ1v) is 9.69. The molecular formula is C20H28N4O. The van der Waals surface area contributed by atoms with Gasteiger partial charge in [-0.05, 0) is 37.8 Å². The summed E-state index contributed by atoms with van der Waals surface area (Å²) in [6, 6.07) is 8.62. The fraction of sp³-hybridized carbons (Fsp3) is 0.600. The normalized spacial score (nSPS) is 22.3. The van der Waals surface area contributed by atoms with E-state index in [4.69, 9.17) is 4.98 Å². The number of piperidine rings is 1. The first-order chi connectivity index (χ1) is 12.2. The standard InChI is InChI=1S/C20H28N4O/c1-23-18-12-6-5-11-17(18)22-20(23)24-13-7-8-15(14-24)19(25)21-16-9-3-2-4-10-16/h5-6,11-12,15-16H,2-4,7-10,13-14H2,1H3,(H,21,25). The Morgan fingerprint density at radius 3 is 2.72 bits per heavy atom. The maximum absolute atomic E-state index is 12.7. The molecule has 2 heterocycles. The average molecular weight is 340 g/mol. The van der Waals surface area contributed by atoms with Crippen molar-refractivity contribution in [3.05, 3.63) is 24.3 Å². The Bertz CT molecular complexity index is 747. The van der Waals surface area contributed by atoms with Crippen LogP contribution in [-0.4, -0.2) is 34.6 Å². The van der Waals surface area contributed by atoms with Gasteiger partial charge in [-0.3, -0.25) is 4.79 Å². The van der Waals surface area contributed by atoms with Crippen LogP contribution in [0, 0.1) is 5.92 Å². The Balaban J connectivity index is 1.46. The van der Waals surface area contributed by atoms with E-state index in [1.165, 1.54) is 19.3 Å². The predicted octanol–water partition coefficient (Wildman–Crippen LogP) is 3.24. The summed E-state index contributed by atoms with van der Waals surface area (Å²) in [5.74, 6) is 1.31. The maximum Gasteiger partial charge on any atom is 0.225 e. The molecule has 134 valence electrons. The molecule has 1 unspecified atom stereocenters. The summed E-state index contributed by atoms with van der Waals surface area (Å²) in [5, 5.41) is 3.31. The first kappa shape index (κ1) is 16.4. The predicted molar refractivity (Wildman–Crippen MR) is 101 cm³/mol. The minimum Gasteiger partial charge on any atom is -0.353 e. The summed E-state index contributed by atoms with van der Waals surface area (Å²) in [6.45, 7) is 1.75. The zero-order valence-corrected chi connectivity index (χ0v) is 15.1. The van der Waals surface area contributed by atoms with Gasteiger partial charge >= 0.3 is 0 Å². The molecule has 2 fully saturated rings. The number of para-hydroxylation sites is 2. The molecule has 25 heavy (non-hydrogen) atoms. The lowest BCUT2D eigenvalue weighted by Gasteiger charge is -2.34. The highest BCUT2D eigenvalue weighted by molar-refractivity contribution is 5.81. The number of carbonyl (C=O) groups is 1. The van der Waals surface area contributed by atoms with Crippen molar-refractivity contribution in [3.8, 4) is 0 Å². The van der Waals surface area contributed by atoms with Crippen molar-refractivity contribution in [1.29, 1.82) is 0 Å². The van der Waals surface area contributed by atoms with Crippen molar-refractivity contribution in [3.63, 3.8) is 0 Å². The lowest BCUT2D eigenvalue weighted by Crippen LogP contribution is -2.47. The molecule has 0 radical (unpaired) electrons. The molecule has 1 amide bonds. The molecule has 4 rings (SSSR count). The fourth-order valence-corrected chi connectivity index (χ4v) is 4.35. The molecule has 1 aromatic heterocycles. The van der Waals surface area contributed by atoms with E-state index in [2.05, 4.69) is 34.0 Å². The molecule has 2 aromatic rings. The van der Waals surface area contributed by atoms with Crippen LogP contribution in [0.5, 0.6) is 0 Å². The van der Waals surface area contributed by atoms with Crippen LogP contribution in [0.15, 0.2) is 24.3 Å². The Labute approximate surface area is 149 Å². The highest BCUT2D eigenvalue weighted by Crippen LogP contribution is 2.26. The second-order valence-electron chi connectivity index (χ2n) is 7.59. The molecule has 1 saturated carbocycles. The Morgan fingerprint density at radius 2 is 1.92 bits per heavy atom. The molecule has 0 bridgehead atoms. The fourth-order valence-electron chi connectivity index (χ4n) is 4.35. The third-order valence-electron chi connectivity index (χ3n) is 5.79. The third-order valence-corrected chi connectivity index (χ3v) is 5.79. The minimum absolute atomic E-state index is 0.0792. The number of nitrogens with zero attached hydrogens (tertiary/aromatic N) is 3. The Morgan fingerprint density at radius 1 is 1.12 bits per heavy atom. The lowest BCUT2D eigenvalue weighted by atomic mass is 9.93. The van der Waals surface area contributed by atoms with Gasteiger partial charge in [0.25, 0.3) is 0 Å². The monoisotopic (exact) mass is 340 g/mol. The van der Waals surface area contributed by atoms with Gasteiger partial charge in [0.05, 0.1) is 17.0 Å². The summed E-state index contributed by atoms with van der Waals surface area (Å²) < 4.78 is 2.15. The van der Waals surface area contributed by atoms with Crippen LogP contribution in [0.2, 0.25) is 0 Å². The highest BCUT2D eigenvalue weighted by Gasteiger charge is 2.29. The zero-order chi connectivity index (χ0) is 17.2. The molecule has 2 aliphatic rings. The van der Waals surface area contributed by atoms with E-state index >= 15 is 0 Å². The number of imidazole rings is 1. The minimum atomic E-state index is 0.0792. The van der Waals surface area contributed by atoms with Crippen molar-refractivity contribution in [1.82, 2.24) is 14.9 Å². The van der Waals surface area contributed by atoms with E-state index in [1.807, 2.05) is 12.1 Å². The van der Waals surface area contributed by atoms with Gasteiger partial charge in [-0.25, -0.2) is 4.98 Å². The van der Waals surface area contributed by atoms with Gasteiger partial charge in [0, 0.05) is 26.2 Å². The van der Waals surface area contributed by atoms with Crippen LogP contribution >= 0.6 is 0 Å². The maximum atomic E-state index is 12.7. The number of fused-ring (bicyclic) bond motifs is 1. The van der Waals surface area contributed by atoms with Gasteiger partial charge in [-0.1, -0.05) is 31.4 Å². The Kier molecular flexibility index (Phi) is 4.64. The largest absolute Gasteiger partial charge is 0.353 e. The van der Waals surface area contributed by atoms with Crippen molar-refractivity contribution in [2.75, 3.05) is 18.0 Å². The quantitative estimate of drug-likeness (QED) is 0.933. The molecule has 0 spiro atoms. The van der Waals surface area contributed by atoms with Gasteiger partial charge in [0.2, 0.25) is 11.9 Å². The number of hydrogen-bond acceptors (Lipinski definition) is 3. The van der Waals surface area contributed by atoms with E-state index < -0.39 is 0 Å². The van der Waals surface area contributed by atoms with E-state index in [0.29, 0.717) is 6.04 Å². The van der Waals surface area contributed by atoms with E-state index in [9.17, 15) is 4.79 Å². The Hall–Kier alpha value is -2.04. The van der Waals surface area contributed by atoms with E-state index in [1.54, 1.807) is 0 Å². The van der Waals surface area contributed by atoms with Crippen molar-refractivity contribution >= 4 is 22.9 Å². The van der Waals surface area contributed by atoms with Crippen LogP contribution in [0.3, 0.4) is 0 Å². The van der Waals surface area contributed by atoms with Crippen molar-refractivity contribution in [2.45, 2.75) is 51.0 Å². The zero-order valence-electron chi connectivity index (χ0n) is 15.1. The van der Waals surface area contributed by atoms with Crippen molar-refractivity contribution in [2.24, 2.45) is 13.0 Å². The van der Waals surface area contributed by atoms with Crippen LogP contribution in [0.25, 0.3) is 11.0 Å². The van der Waals surface area contributed by atoms with E-state index in [-0.39, 0.29) is 11.8 Å². The molecule has 1 atom stereocenters. The summed E-state index contributed by atoms with van der Waals surface area (Å²) >= 11 is 0. The summed E-state index contributed by atoms with van der Waals surface area (Å²) in [5.41, 5.74) is 2.17. The van der Waals surface area contributed by atoms with E-state index in [0.717, 1.165) is 55.8 Å². The van der Waals surface area contributed by atoms with Gasteiger partial charge in [0.1, 0.15) is 0 Å². The molecule has 1 aromatic carbocycles. The van der Waals surface area contributed by atoms with Crippen LogP contribution < -0.4 is 10.2 Å². The average Bonchev–Trinajstić information content (AvgIpc) is 3.00. The van der Waals surface area contributed by atoms with Gasteiger partial charge < -0.3 is 14.8 Å². The van der Waals surface area contributed by atoms with Gasteiger partial charge in [-0.2, -0.15) is 0 Å². The molecule has 1 saturated heterocycles. The molecule has 5 nitrogen and oxygen atoms in total. The number of anilines is 1. The number of aryl methyl sites for hydroxylation is 1. The lowest BCUT2D eigenvalue weighted by molar-refractivity contribution is -0.126. The summed E-state index contributed by atoms with van der Waals surface area (Å²) in [7, 11) is 2.07. The third kappa shape index (κ3) is 3.37. The van der Waals surface area contributed by atoms with Crippen molar-refractivity contribution < 1.29 is 4.79 Å². The van der Waals surface area contributed by atoms with Gasteiger partial charge in [-0.15, -0.1) is 0 Å². The second-order valence-corrected chi connectivity index (χ2v) is 7.59. The van der Waals surface area contributed by atoms with Crippen LogP contribution in [0.1, 0.15) is 44.9 Å².